The molecule has 0 radical (unpaired) electrons. The largest absolute Gasteiger partial charge is 0.297 e. The van der Waals surface area contributed by atoms with Crippen LogP contribution in [-0.2, 0) is 26.8 Å². The summed E-state index contributed by atoms with van der Waals surface area (Å²) in [6.07, 6.45) is 0. The fourth-order valence-corrected chi connectivity index (χ4v) is 5.06. The fraction of sp³-hybridized carbons (Fsp3) is 0.455. The number of hydrogen-bond donors (Lipinski definition) is 1. The molecule has 1 aliphatic heterocycles. The normalized spacial score (nSPS) is 21.2. The minimum absolute atomic E-state index is 0.0530. The highest BCUT2D eigenvalue weighted by atomic mass is 32.2. The van der Waals surface area contributed by atoms with Crippen LogP contribution in [0.25, 0.3) is 0 Å². The number of aryl methyl sites for hydroxylation is 1. The number of sulfonamides is 1. The molecule has 1 N–H and O–H groups in total. The van der Waals surface area contributed by atoms with Crippen molar-refractivity contribution in [3.63, 3.8) is 0 Å². The van der Waals surface area contributed by atoms with Gasteiger partial charge in [-0.2, -0.15) is 5.06 Å². The molecule has 5 nitrogen and oxygen atoms in total. The first-order valence-corrected chi connectivity index (χ1v) is 11.1. The molecule has 28 heavy (non-hydrogen) atoms. The minimum Gasteiger partial charge on any atom is -0.297 e. The van der Waals surface area contributed by atoms with Gasteiger partial charge in [-0.25, -0.2) is 13.1 Å². The smallest absolute Gasteiger partial charge is 0.219 e. The van der Waals surface area contributed by atoms with Crippen molar-refractivity contribution in [2.75, 3.05) is 13.7 Å². The Morgan fingerprint density at radius 1 is 1.14 bits per heavy atom. The first-order chi connectivity index (χ1) is 13.1. The Labute approximate surface area is 168 Å². The van der Waals surface area contributed by atoms with E-state index in [1.54, 1.807) is 12.1 Å². The Bertz CT molecular complexity index is 918. The molecule has 0 amide bonds. The van der Waals surface area contributed by atoms with Crippen molar-refractivity contribution in [3.8, 4) is 0 Å². The molecule has 2 aromatic carbocycles. The lowest BCUT2D eigenvalue weighted by Crippen LogP contribution is -2.39. The highest BCUT2D eigenvalue weighted by molar-refractivity contribution is 7.90. The number of hydrogen-bond acceptors (Lipinski definition) is 4. The number of rotatable bonds is 5. The third kappa shape index (κ3) is 4.63. The van der Waals surface area contributed by atoms with E-state index in [1.165, 1.54) is 5.56 Å². The monoisotopic (exact) mass is 402 g/mol. The van der Waals surface area contributed by atoms with Gasteiger partial charge >= 0.3 is 0 Å². The molecular formula is C22H30N2O3S. The molecule has 0 unspecified atom stereocenters. The van der Waals surface area contributed by atoms with E-state index < -0.39 is 15.3 Å². The van der Waals surface area contributed by atoms with Gasteiger partial charge in [0, 0.05) is 13.6 Å². The van der Waals surface area contributed by atoms with E-state index >= 15 is 0 Å². The predicted octanol–water partition coefficient (Wildman–Crippen LogP) is 3.70. The molecule has 2 aromatic rings. The maximum absolute atomic E-state index is 13.0. The van der Waals surface area contributed by atoms with Gasteiger partial charge in [0.2, 0.25) is 10.0 Å². The summed E-state index contributed by atoms with van der Waals surface area (Å²) in [5.74, 6) is 0. The summed E-state index contributed by atoms with van der Waals surface area (Å²) in [5, 5.41) is 0.991. The molecule has 1 fully saturated rings. The van der Waals surface area contributed by atoms with Crippen molar-refractivity contribution in [1.82, 2.24) is 9.79 Å². The summed E-state index contributed by atoms with van der Waals surface area (Å²) < 4.78 is 28.8. The zero-order valence-electron chi connectivity index (χ0n) is 17.3. The van der Waals surface area contributed by atoms with E-state index in [4.69, 9.17) is 4.84 Å². The SMILES string of the molecule is Cc1cccc(CNS(=O)(=O)[C@@H]2CON(C)[C@H]2c2ccc(C(C)(C)C)cc2)c1. The third-order valence-corrected chi connectivity index (χ3v) is 7.00. The summed E-state index contributed by atoms with van der Waals surface area (Å²) >= 11 is 0. The van der Waals surface area contributed by atoms with Crippen molar-refractivity contribution in [2.45, 2.75) is 50.9 Å². The number of nitrogens with one attached hydrogen (secondary N) is 1. The van der Waals surface area contributed by atoms with Gasteiger partial charge in [-0.3, -0.25) is 4.84 Å². The highest BCUT2D eigenvalue weighted by Gasteiger charge is 2.43. The predicted molar refractivity (Wildman–Crippen MR) is 112 cm³/mol. The summed E-state index contributed by atoms with van der Waals surface area (Å²) in [5.41, 5.74) is 4.27. The number of benzene rings is 2. The van der Waals surface area contributed by atoms with Crippen LogP contribution in [0, 0.1) is 6.92 Å². The first-order valence-electron chi connectivity index (χ1n) is 9.58. The Balaban J connectivity index is 1.79. The molecule has 0 aliphatic carbocycles. The van der Waals surface area contributed by atoms with E-state index in [0.29, 0.717) is 0 Å². The van der Waals surface area contributed by atoms with Gasteiger partial charge in [-0.15, -0.1) is 0 Å². The molecule has 0 bridgehead atoms. The Kier molecular flexibility index (Phi) is 5.96. The number of hydroxylamine groups is 2. The second kappa shape index (κ2) is 7.95. The van der Waals surface area contributed by atoms with Gasteiger partial charge in [0.1, 0.15) is 5.25 Å². The van der Waals surface area contributed by atoms with Gasteiger partial charge < -0.3 is 0 Å². The molecule has 3 rings (SSSR count). The van der Waals surface area contributed by atoms with Crippen LogP contribution in [0.5, 0.6) is 0 Å². The van der Waals surface area contributed by atoms with Crippen molar-refractivity contribution >= 4 is 10.0 Å². The van der Waals surface area contributed by atoms with E-state index in [0.717, 1.165) is 16.7 Å². The number of nitrogens with zero attached hydrogens (tertiary/aromatic N) is 1. The second-order valence-corrected chi connectivity index (χ2v) is 10.5. The van der Waals surface area contributed by atoms with E-state index in [9.17, 15) is 8.42 Å². The Hall–Kier alpha value is -1.73. The van der Waals surface area contributed by atoms with Crippen LogP contribution in [0.3, 0.4) is 0 Å². The lowest BCUT2D eigenvalue weighted by atomic mass is 9.86. The van der Waals surface area contributed by atoms with E-state index in [-0.39, 0.29) is 24.6 Å². The van der Waals surface area contributed by atoms with Crippen LogP contribution in [0.4, 0.5) is 0 Å². The Morgan fingerprint density at radius 2 is 1.82 bits per heavy atom. The van der Waals surface area contributed by atoms with Crippen LogP contribution < -0.4 is 4.72 Å². The van der Waals surface area contributed by atoms with Gasteiger partial charge in [0.15, 0.2) is 0 Å². The van der Waals surface area contributed by atoms with Gasteiger partial charge in [-0.1, -0.05) is 74.9 Å². The van der Waals surface area contributed by atoms with Gasteiger partial charge in [0.25, 0.3) is 0 Å². The van der Waals surface area contributed by atoms with Crippen molar-refractivity contribution in [3.05, 3.63) is 70.8 Å². The summed E-state index contributed by atoms with van der Waals surface area (Å²) in [6.45, 7) is 8.90. The second-order valence-electron chi connectivity index (χ2n) is 8.55. The average molecular weight is 403 g/mol. The molecule has 0 aromatic heterocycles. The van der Waals surface area contributed by atoms with Gasteiger partial charge in [-0.05, 0) is 29.0 Å². The van der Waals surface area contributed by atoms with E-state index in [1.807, 2.05) is 43.3 Å². The van der Waals surface area contributed by atoms with Crippen LogP contribution in [-0.4, -0.2) is 32.4 Å². The molecule has 6 heteroatoms. The van der Waals surface area contributed by atoms with Crippen molar-refractivity contribution in [1.29, 1.82) is 0 Å². The maximum Gasteiger partial charge on any atom is 0.219 e. The lowest BCUT2D eigenvalue weighted by Gasteiger charge is -2.25. The first kappa shape index (κ1) is 21.0. The molecule has 1 heterocycles. The van der Waals surface area contributed by atoms with Gasteiger partial charge in [0.05, 0.1) is 12.6 Å². The van der Waals surface area contributed by atoms with Crippen LogP contribution in [0.2, 0.25) is 0 Å². The van der Waals surface area contributed by atoms with E-state index in [2.05, 4.69) is 37.6 Å². The van der Waals surface area contributed by atoms with Crippen molar-refractivity contribution in [2.24, 2.45) is 0 Å². The zero-order valence-corrected chi connectivity index (χ0v) is 18.1. The lowest BCUT2D eigenvalue weighted by molar-refractivity contribution is -0.110. The zero-order chi connectivity index (χ0) is 20.5. The topological polar surface area (TPSA) is 58.6 Å². The van der Waals surface area contributed by atoms with Crippen LogP contribution >= 0.6 is 0 Å². The molecular weight excluding hydrogens is 372 g/mol. The minimum atomic E-state index is -3.56. The summed E-state index contributed by atoms with van der Waals surface area (Å²) in [6, 6.07) is 15.7. The molecule has 1 saturated heterocycles. The molecule has 152 valence electrons. The molecule has 0 spiro atoms. The van der Waals surface area contributed by atoms with Crippen LogP contribution in [0.1, 0.15) is 49.1 Å². The highest BCUT2D eigenvalue weighted by Crippen LogP contribution is 2.34. The maximum atomic E-state index is 13.0. The Morgan fingerprint density at radius 3 is 2.43 bits per heavy atom. The van der Waals surface area contributed by atoms with Crippen LogP contribution in [0.15, 0.2) is 48.5 Å². The standard InChI is InChI=1S/C22H30N2O3S/c1-16-7-6-8-17(13-16)14-23-28(25,26)20-15-27-24(5)21(20)18-9-11-19(12-10-18)22(2,3)4/h6-13,20-21,23H,14-15H2,1-5H3/t20-,21+/m1/s1. The molecule has 0 saturated carbocycles. The summed E-state index contributed by atoms with van der Waals surface area (Å²) in [7, 11) is -1.77. The molecule has 2 atom stereocenters. The third-order valence-electron chi connectivity index (χ3n) is 5.26. The fourth-order valence-electron chi connectivity index (χ4n) is 3.57. The molecule has 1 aliphatic rings. The quantitative estimate of drug-likeness (QED) is 0.829. The summed E-state index contributed by atoms with van der Waals surface area (Å²) in [4.78, 5) is 5.60. The average Bonchev–Trinajstić information content (AvgIpc) is 3.02. The van der Waals surface area contributed by atoms with Crippen molar-refractivity contribution < 1.29 is 13.3 Å².